The maximum absolute atomic E-state index is 11.6. The lowest BCUT2D eigenvalue weighted by molar-refractivity contribution is -0.129. The highest BCUT2D eigenvalue weighted by Crippen LogP contribution is 2.49. The summed E-state index contributed by atoms with van der Waals surface area (Å²) in [7, 11) is -0.307. The lowest BCUT2D eigenvalue weighted by Gasteiger charge is -2.01. The van der Waals surface area contributed by atoms with E-state index in [1.165, 1.54) is 4.70 Å². The summed E-state index contributed by atoms with van der Waals surface area (Å²) < 4.78 is 12.8. The minimum absolute atomic E-state index is 0.307. The molecule has 142 valence electrons. The zero-order chi connectivity index (χ0) is 20.4. The van der Waals surface area contributed by atoms with Crippen LogP contribution in [-0.2, 0) is 9.59 Å². The fourth-order valence-corrected chi connectivity index (χ4v) is 5.52. The Kier molecular flexibility index (Phi) is 4.97. The maximum Gasteiger partial charge on any atom is 0.335 e. The average molecular weight is 401 g/mol. The monoisotopic (exact) mass is 401 g/mol. The van der Waals surface area contributed by atoms with Crippen LogP contribution in [0, 0.1) is 0 Å². The Hall–Kier alpha value is -3.70. The molecule has 0 amide bonds. The van der Waals surface area contributed by atoms with Crippen LogP contribution in [0.5, 0.6) is 11.5 Å². The number of hydrogen-bond donors (Lipinski definition) is 0. The second-order valence-corrected chi connectivity index (χ2v) is 8.15. The van der Waals surface area contributed by atoms with Crippen molar-refractivity contribution in [2.75, 3.05) is 0 Å². The van der Waals surface area contributed by atoms with Crippen molar-refractivity contribution in [3.63, 3.8) is 0 Å². The SMILES string of the molecule is C=CC(=O)Oc1ccc(-[s+]2c3ccccc3c3cc(OC(=O)C=C)ccc32)cc1. The van der Waals surface area contributed by atoms with E-state index in [-0.39, 0.29) is 10.5 Å². The zero-order valence-electron chi connectivity index (χ0n) is 15.5. The molecular weight excluding hydrogens is 384 g/mol. The molecule has 0 aliphatic carbocycles. The fraction of sp³-hybridized carbons (Fsp3) is 0. The Balaban J connectivity index is 1.85. The molecule has 5 heteroatoms. The van der Waals surface area contributed by atoms with Gasteiger partial charge in [-0.25, -0.2) is 9.59 Å². The third-order valence-corrected chi connectivity index (χ3v) is 6.73. The number of thiophene rings is 1. The summed E-state index contributed by atoms with van der Waals surface area (Å²) in [5, 5.41) is 2.16. The van der Waals surface area contributed by atoms with Gasteiger partial charge in [0.05, 0.1) is 5.39 Å². The Morgan fingerprint density at radius 1 is 0.724 bits per heavy atom. The number of carbonyl (C=O) groups is 2. The molecule has 4 aromatic rings. The number of benzene rings is 3. The molecule has 0 saturated heterocycles. The van der Waals surface area contributed by atoms with Crippen molar-refractivity contribution in [1.29, 1.82) is 0 Å². The molecule has 0 saturated carbocycles. The summed E-state index contributed by atoms with van der Waals surface area (Å²) in [6.45, 7) is 6.85. The molecular formula is C24H17O4S+. The standard InChI is InChI=1S/C24H17O4S/c1-3-23(25)27-16-9-12-18(13-10-16)29-21-8-6-5-7-19(21)20-15-17(11-14-22(20)29)28-24(26)4-2/h3-15H,1-2H2/q+1. The van der Waals surface area contributed by atoms with E-state index in [2.05, 4.69) is 25.3 Å². The molecule has 0 spiro atoms. The molecule has 0 radical (unpaired) electrons. The zero-order valence-corrected chi connectivity index (χ0v) is 16.3. The minimum Gasteiger partial charge on any atom is -0.423 e. The molecule has 3 aromatic carbocycles. The third-order valence-electron chi connectivity index (χ3n) is 4.40. The van der Waals surface area contributed by atoms with E-state index >= 15 is 0 Å². The third kappa shape index (κ3) is 3.56. The van der Waals surface area contributed by atoms with Crippen molar-refractivity contribution >= 4 is 42.6 Å². The van der Waals surface area contributed by atoms with Gasteiger partial charge in [0, 0.05) is 46.2 Å². The number of esters is 2. The molecule has 0 aliphatic rings. The minimum atomic E-state index is -0.488. The summed E-state index contributed by atoms with van der Waals surface area (Å²) in [6, 6.07) is 21.4. The summed E-state index contributed by atoms with van der Waals surface area (Å²) in [5.41, 5.74) is 0. The Labute approximate surface area is 170 Å². The Morgan fingerprint density at radius 3 is 2.00 bits per heavy atom. The molecule has 4 rings (SSSR count). The van der Waals surface area contributed by atoms with Gasteiger partial charge in [0.1, 0.15) is 11.5 Å². The van der Waals surface area contributed by atoms with E-state index in [9.17, 15) is 9.59 Å². The van der Waals surface area contributed by atoms with Crippen LogP contribution >= 0.6 is 10.5 Å². The van der Waals surface area contributed by atoms with Gasteiger partial charge >= 0.3 is 11.9 Å². The summed E-state index contributed by atoms with van der Waals surface area (Å²) in [5.74, 6) is -0.0134. The Morgan fingerprint density at radius 2 is 1.31 bits per heavy atom. The average Bonchev–Trinajstić information content (AvgIpc) is 3.08. The van der Waals surface area contributed by atoms with Crippen LogP contribution in [0.2, 0.25) is 0 Å². The normalized spacial score (nSPS) is 11.2. The number of rotatable bonds is 5. The second-order valence-electron chi connectivity index (χ2n) is 6.18. The van der Waals surface area contributed by atoms with Gasteiger partial charge in [-0.05, 0) is 36.4 Å². The van der Waals surface area contributed by atoms with Gasteiger partial charge in [-0.2, -0.15) is 0 Å². The summed E-state index contributed by atoms with van der Waals surface area (Å²) in [6.07, 6.45) is 2.28. The number of fused-ring (bicyclic) bond motifs is 3. The fourth-order valence-electron chi connectivity index (χ4n) is 3.16. The van der Waals surface area contributed by atoms with Gasteiger partial charge in [0.25, 0.3) is 0 Å². The van der Waals surface area contributed by atoms with Crippen LogP contribution in [0.1, 0.15) is 0 Å². The molecule has 1 heterocycles. The Bertz CT molecular complexity index is 1270. The van der Waals surface area contributed by atoms with Crippen molar-refractivity contribution in [3.8, 4) is 16.4 Å². The van der Waals surface area contributed by atoms with Gasteiger partial charge in [-0.1, -0.05) is 25.3 Å². The number of hydrogen-bond acceptors (Lipinski definition) is 4. The van der Waals surface area contributed by atoms with Crippen molar-refractivity contribution in [2.45, 2.75) is 0 Å². The molecule has 4 nitrogen and oxygen atoms in total. The predicted octanol–water partition coefficient (Wildman–Crippen LogP) is 5.91. The second kappa shape index (κ2) is 7.73. The van der Waals surface area contributed by atoms with Crippen molar-refractivity contribution < 1.29 is 19.1 Å². The lowest BCUT2D eigenvalue weighted by atomic mass is 10.1. The van der Waals surface area contributed by atoms with Crippen LogP contribution in [0.15, 0.2) is 92.0 Å². The molecule has 1 unspecified atom stereocenters. The quantitative estimate of drug-likeness (QED) is 0.180. The largest absolute Gasteiger partial charge is 0.423 e. The van der Waals surface area contributed by atoms with E-state index in [1.807, 2.05) is 36.4 Å². The van der Waals surface area contributed by atoms with Crippen LogP contribution in [0.25, 0.3) is 25.1 Å². The van der Waals surface area contributed by atoms with Gasteiger partial charge in [0.15, 0.2) is 14.3 Å². The molecule has 1 atom stereocenters. The van der Waals surface area contributed by atoms with Gasteiger partial charge in [-0.15, -0.1) is 0 Å². The first-order chi connectivity index (χ1) is 14.1. The van der Waals surface area contributed by atoms with E-state index in [0.717, 1.165) is 32.5 Å². The highest BCUT2D eigenvalue weighted by molar-refractivity contribution is 7.50. The van der Waals surface area contributed by atoms with E-state index in [4.69, 9.17) is 9.47 Å². The van der Waals surface area contributed by atoms with Gasteiger partial charge < -0.3 is 9.47 Å². The molecule has 1 aromatic heterocycles. The smallest absolute Gasteiger partial charge is 0.335 e. The first kappa shape index (κ1) is 18.7. The van der Waals surface area contributed by atoms with Crippen LogP contribution in [0.3, 0.4) is 0 Å². The van der Waals surface area contributed by atoms with Crippen molar-refractivity contribution in [3.05, 3.63) is 92.0 Å². The molecule has 0 aliphatic heterocycles. The lowest BCUT2D eigenvalue weighted by Crippen LogP contribution is -2.02. The van der Waals surface area contributed by atoms with Crippen LogP contribution in [-0.4, -0.2) is 11.9 Å². The first-order valence-electron chi connectivity index (χ1n) is 8.87. The molecule has 0 N–H and O–H groups in total. The number of ether oxygens (including phenoxy) is 2. The number of carbonyl (C=O) groups excluding carboxylic acids is 2. The van der Waals surface area contributed by atoms with Gasteiger partial charge in [-0.3, -0.25) is 0 Å². The molecule has 29 heavy (non-hydrogen) atoms. The van der Waals surface area contributed by atoms with Crippen LogP contribution < -0.4 is 9.47 Å². The topological polar surface area (TPSA) is 52.6 Å². The van der Waals surface area contributed by atoms with E-state index in [0.29, 0.717) is 11.5 Å². The maximum atomic E-state index is 11.6. The summed E-state index contributed by atoms with van der Waals surface area (Å²) in [4.78, 5) is 24.1. The summed E-state index contributed by atoms with van der Waals surface area (Å²) >= 11 is 0. The van der Waals surface area contributed by atoms with Crippen molar-refractivity contribution in [2.24, 2.45) is 0 Å². The van der Waals surface area contributed by atoms with Gasteiger partial charge in [0.2, 0.25) is 0 Å². The molecule has 0 fully saturated rings. The highest BCUT2D eigenvalue weighted by atomic mass is 32.2. The highest BCUT2D eigenvalue weighted by Gasteiger charge is 2.24. The van der Waals surface area contributed by atoms with Crippen molar-refractivity contribution in [1.82, 2.24) is 0 Å². The predicted molar refractivity (Wildman–Crippen MR) is 117 cm³/mol. The first-order valence-corrected chi connectivity index (χ1v) is 10.1. The molecule has 0 bridgehead atoms. The van der Waals surface area contributed by atoms with Crippen LogP contribution in [0.4, 0.5) is 0 Å². The van der Waals surface area contributed by atoms with E-state index < -0.39 is 11.9 Å². The van der Waals surface area contributed by atoms with E-state index in [1.54, 1.807) is 18.2 Å².